The van der Waals surface area contributed by atoms with Gasteiger partial charge >= 0.3 is 0 Å². The van der Waals surface area contributed by atoms with Gasteiger partial charge in [-0.25, -0.2) is 22.2 Å². The van der Waals surface area contributed by atoms with Gasteiger partial charge in [0.25, 0.3) is 10.0 Å². The quantitative estimate of drug-likeness (QED) is 0.902. The first kappa shape index (κ1) is 15.1. The Bertz CT molecular complexity index is 784. The Morgan fingerprint density at radius 3 is 2.73 bits per heavy atom. The van der Waals surface area contributed by atoms with Crippen LogP contribution in [0, 0.1) is 5.82 Å². The normalized spacial score (nSPS) is 17.2. The monoisotopic (exact) mass is 324 g/mol. The summed E-state index contributed by atoms with van der Waals surface area (Å²) in [7, 11) is -2.17. The van der Waals surface area contributed by atoms with E-state index in [1.165, 1.54) is 30.1 Å². The molecule has 0 unspecified atom stereocenters. The van der Waals surface area contributed by atoms with Gasteiger partial charge in [-0.15, -0.1) is 5.10 Å². The van der Waals surface area contributed by atoms with Crippen LogP contribution in [0.1, 0.15) is 24.8 Å². The molecular weight excluding hydrogens is 307 g/mol. The van der Waals surface area contributed by atoms with Crippen molar-refractivity contribution in [3.05, 3.63) is 41.8 Å². The summed E-state index contributed by atoms with van der Waals surface area (Å²) in [5.41, 5.74) is 0.224. The van der Waals surface area contributed by atoms with Crippen LogP contribution in [-0.4, -0.2) is 29.0 Å². The molecule has 1 aromatic carbocycles. The Kier molecular flexibility index (Phi) is 3.73. The zero-order valence-corrected chi connectivity index (χ0v) is 13.0. The highest BCUT2D eigenvalue weighted by Crippen LogP contribution is 2.36. The molecule has 0 bridgehead atoms. The number of sulfonamides is 1. The van der Waals surface area contributed by atoms with E-state index in [9.17, 15) is 12.8 Å². The number of aromatic nitrogens is 3. The largest absolute Gasteiger partial charge is 0.259 e. The van der Waals surface area contributed by atoms with Gasteiger partial charge in [-0.05, 0) is 43.4 Å². The number of benzene rings is 1. The first-order valence-electron chi connectivity index (χ1n) is 7.03. The first-order valence-corrected chi connectivity index (χ1v) is 8.52. The molecular formula is C14H17FN4O2S. The molecule has 1 saturated carbocycles. The fourth-order valence-corrected chi connectivity index (χ4v) is 4.34. The second-order valence-corrected chi connectivity index (χ2v) is 7.37. The van der Waals surface area contributed by atoms with Crippen molar-refractivity contribution in [1.29, 1.82) is 0 Å². The van der Waals surface area contributed by atoms with E-state index in [0.717, 1.165) is 24.8 Å². The molecule has 0 atom stereocenters. The van der Waals surface area contributed by atoms with Gasteiger partial charge in [0.2, 0.25) is 0 Å². The highest BCUT2D eigenvalue weighted by atomic mass is 32.2. The van der Waals surface area contributed by atoms with Crippen LogP contribution in [0.25, 0.3) is 0 Å². The summed E-state index contributed by atoms with van der Waals surface area (Å²) in [6.45, 7) is 0. The van der Waals surface area contributed by atoms with E-state index < -0.39 is 15.6 Å². The van der Waals surface area contributed by atoms with E-state index in [4.69, 9.17) is 0 Å². The molecule has 1 heterocycles. The van der Waals surface area contributed by atoms with E-state index in [-0.39, 0.29) is 10.8 Å². The molecule has 22 heavy (non-hydrogen) atoms. The van der Waals surface area contributed by atoms with Crippen molar-refractivity contribution in [3.63, 3.8) is 0 Å². The van der Waals surface area contributed by atoms with Crippen molar-refractivity contribution < 1.29 is 12.8 Å². The molecule has 1 N–H and O–H groups in total. The lowest BCUT2D eigenvalue weighted by molar-refractivity contribution is 0.219. The molecule has 8 heteroatoms. The van der Waals surface area contributed by atoms with Gasteiger partial charge in [0.1, 0.15) is 5.82 Å². The number of hydrogen-bond donors (Lipinski definition) is 1. The Hall–Kier alpha value is -1.80. The summed E-state index contributed by atoms with van der Waals surface area (Å²) < 4.78 is 42.3. The highest BCUT2D eigenvalue weighted by Gasteiger charge is 2.41. The second-order valence-electron chi connectivity index (χ2n) is 5.74. The fourth-order valence-electron chi connectivity index (χ4n) is 2.82. The van der Waals surface area contributed by atoms with Crippen LogP contribution in [0.3, 0.4) is 0 Å². The van der Waals surface area contributed by atoms with Gasteiger partial charge in [-0.1, -0.05) is 17.3 Å². The minimum atomic E-state index is -3.70. The van der Waals surface area contributed by atoms with Crippen LogP contribution in [0.2, 0.25) is 0 Å². The summed E-state index contributed by atoms with van der Waals surface area (Å²) in [5, 5.41) is 7.28. The lowest BCUT2D eigenvalue weighted by Crippen LogP contribution is -2.55. The molecule has 2 aromatic rings. The third-order valence-corrected chi connectivity index (χ3v) is 5.66. The maximum absolute atomic E-state index is 13.3. The Balaban J connectivity index is 1.84. The number of rotatable bonds is 5. The molecule has 0 aliphatic heterocycles. The van der Waals surface area contributed by atoms with Crippen molar-refractivity contribution in [2.24, 2.45) is 7.05 Å². The topological polar surface area (TPSA) is 76.9 Å². The maximum Gasteiger partial charge on any atom is 0.259 e. The smallest absolute Gasteiger partial charge is 0.236 e. The summed E-state index contributed by atoms with van der Waals surface area (Å²) in [6, 6.07) is 6.27. The van der Waals surface area contributed by atoms with Crippen LogP contribution in [-0.2, 0) is 23.5 Å². The highest BCUT2D eigenvalue weighted by molar-refractivity contribution is 7.89. The standard InChI is InChI=1S/C14H17FN4O2S/c1-19-13(10-16-18-19)22(20,21)17-14(6-3-7-14)9-11-4-2-5-12(15)8-11/h2,4-5,8,10,17H,3,6-7,9H2,1H3. The molecule has 1 fully saturated rings. The average Bonchev–Trinajstić information content (AvgIpc) is 2.83. The van der Waals surface area contributed by atoms with Crippen LogP contribution >= 0.6 is 0 Å². The molecule has 0 spiro atoms. The number of nitrogens with zero attached hydrogens (tertiary/aromatic N) is 3. The van der Waals surface area contributed by atoms with Crippen LogP contribution in [0.4, 0.5) is 4.39 Å². The van der Waals surface area contributed by atoms with Crippen LogP contribution < -0.4 is 4.72 Å². The minimum absolute atomic E-state index is 0.0259. The molecule has 118 valence electrons. The Morgan fingerprint density at radius 1 is 1.41 bits per heavy atom. The summed E-state index contributed by atoms with van der Waals surface area (Å²) >= 11 is 0. The van der Waals surface area contributed by atoms with E-state index in [0.29, 0.717) is 6.42 Å². The van der Waals surface area contributed by atoms with Gasteiger partial charge in [0.05, 0.1) is 6.20 Å². The van der Waals surface area contributed by atoms with E-state index in [1.54, 1.807) is 6.07 Å². The first-order chi connectivity index (χ1) is 10.4. The summed E-state index contributed by atoms with van der Waals surface area (Å²) in [4.78, 5) is 0. The molecule has 0 amide bonds. The maximum atomic E-state index is 13.3. The van der Waals surface area contributed by atoms with Crippen molar-refractivity contribution in [1.82, 2.24) is 19.7 Å². The van der Waals surface area contributed by atoms with Crippen molar-refractivity contribution in [3.8, 4) is 0 Å². The zero-order valence-electron chi connectivity index (χ0n) is 12.2. The van der Waals surface area contributed by atoms with Gasteiger partial charge < -0.3 is 0 Å². The Morgan fingerprint density at radius 2 is 2.18 bits per heavy atom. The minimum Gasteiger partial charge on any atom is -0.236 e. The number of hydrogen-bond acceptors (Lipinski definition) is 4. The fraction of sp³-hybridized carbons (Fsp3) is 0.429. The van der Waals surface area contributed by atoms with Gasteiger partial charge in [0, 0.05) is 12.6 Å². The van der Waals surface area contributed by atoms with E-state index in [2.05, 4.69) is 15.0 Å². The van der Waals surface area contributed by atoms with E-state index >= 15 is 0 Å². The molecule has 3 rings (SSSR count). The third kappa shape index (κ3) is 2.89. The predicted octanol–water partition coefficient (Wildman–Crippen LogP) is 1.40. The van der Waals surface area contributed by atoms with Crippen molar-refractivity contribution in [2.45, 2.75) is 36.2 Å². The van der Waals surface area contributed by atoms with E-state index in [1.807, 2.05) is 6.07 Å². The molecule has 0 radical (unpaired) electrons. The molecule has 1 aliphatic rings. The molecule has 1 aromatic heterocycles. The number of aryl methyl sites for hydroxylation is 1. The zero-order chi connectivity index (χ0) is 15.8. The van der Waals surface area contributed by atoms with Crippen LogP contribution in [0.15, 0.2) is 35.5 Å². The SMILES string of the molecule is Cn1nncc1S(=O)(=O)NC1(Cc2cccc(F)c2)CCC1. The van der Waals surface area contributed by atoms with Gasteiger partial charge in [-0.3, -0.25) is 0 Å². The molecule has 1 aliphatic carbocycles. The second kappa shape index (κ2) is 5.44. The van der Waals surface area contributed by atoms with Crippen molar-refractivity contribution in [2.75, 3.05) is 0 Å². The lowest BCUT2D eigenvalue weighted by Gasteiger charge is -2.42. The number of nitrogens with one attached hydrogen (secondary N) is 1. The van der Waals surface area contributed by atoms with Gasteiger partial charge in [-0.2, -0.15) is 0 Å². The molecule has 0 saturated heterocycles. The average molecular weight is 324 g/mol. The number of halogens is 1. The van der Waals surface area contributed by atoms with Gasteiger partial charge in [0.15, 0.2) is 5.03 Å². The van der Waals surface area contributed by atoms with Crippen molar-refractivity contribution >= 4 is 10.0 Å². The third-order valence-electron chi connectivity index (χ3n) is 4.04. The Labute approximate surface area is 128 Å². The summed E-state index contributed by atoms with van der Waals surface area (Å²) in [5.74, 6) is -0.314. The predicted molar refractivity (Wildman–Crippen MR) is 78.0 cm³/mol. The lowest BCUT2D eigenvalue weighted by atomic mass is 9.74. The summed E-state index contributed by atoms with van der Waals surface area (Å²) in [6.07, 6.45) is 4.09. The van der Waals surface area contributed by atoms with Crippen LogP contribution in [0.5, 0.6) is 0 Å². The molecule has 6 nitrogen and oxygen atoms in total.